The Labute approximate surface area is 91.3 Å². The van der Waals surface area contributed by atoms with Crippen LogP contribution in [0.5, 0.6) is 0 Å². The molecule has 1 aromatic heterocycles. The van der Waals surface area contributed by atoms with Crippen LogP contribution in [0.25, 0.3) is 0 Å². The van der Waals surface area contributed by atoms with Gasteiger partial charge in [-0.15, -0.1) is 0 Å². The number of hydrogen-bond acceptors (Lipinski definition) is 3. The zero-order valence-electron chi connectivity index (χ0n) is 9.45. The van der Waals surface area contributed by atoms with Crippen molar-refractivity contribution in [1.82, 2.24) is 14.8 Å². The Kier molecular flexibility index (Phi) is 4.19. The first-order chi connectivity index (χ1) is 6.49. The molecule has 0 aliphatic heterocycles. The summed E-state index contributed by atoms with van der Waals surface area (Å²) in [5, 5.41) is 4.05. The molecule has 0 unspecified atom stereocenters. The molecule has 3 nitrogen and oxygen atoms in total. The number of aromatic nitrogens is 3. The van der Waals surface area contributed by atoms with Crippen molar-refractivity contribution in [3.05, 3.63) is 12.2 Å². The second-order valence-electron chi connectivity index (χ2n) is 4.66. The molecule has 0 atom stereocenters. The summed E-state index contributed by atoms with van der Waals surface area (Å²) in [6.07, 6.45) is 1.62. The third-order valence-electron chi connectivity index (χ3n) is 2.03. The standard InChI is InChI=1S/C9H19N3SSi/c1-12-9(10-8-11-12)7-13-5-6-14(2,3)4/h8H,5-7H2,1-4H3. The average molecular weight is 229 g/mol. The van der Waals surface area contributed by atoms with E-state index in [-0.39, 0.29) is 0 Å². The van der Waals surface area contributed by atoms with Gasteiger partial charge in [0, 0.05) is 15.1 Å². The van der Waals surface area contributed by atoms with E-state index in [0.29, 0.717) is 0 Å². The van der Waals surface area contributed by atoms with Gasteiger partial charge < -0.3 is 0 Å². The lowest BCUT2D eigenvalue weighted by Crippen LogP contribution is -2.19. The Morgan fingerprint density at radius 2 is 2.14 bits per heavy atom. The van der Waals surface area contributed by atoms with Gasteiger partial charge in [-0.1, -0.05) is 19.6 Å². The van der Waals surface area contributed by atoms with Crippen molar-refractivity contribution >= 4 is 19.8 Å². The highest BCUT2D eigenvalue weighted by molar-refractivity contribution is 7.98. The van der Waals surface area contributed by atoms with E-state index >= 15 is 0 Å². The lowest BCUT2D eigenvalue weighted by molar-refractivity contribution is 0.730. The van der Waals surface area contributed by atoms with E-state index in [4.69, 9.17) is 0 Å². The number of thioether (sulfide) groups is 1. The third-order valence-corrected chi connectivity index (χ3v) is 5.10. The van der Waals surface area contributed by atoms with E-state index in [1.54, 1.807) is 6.33 Å². The van der Waals surface area contributed by atoms with Crippen LogP contribution in [-0.4, -0.2) is 28.6 Å². The molecule has 0 aliphatic carbocycles. The lowest BCUT2D eigenvalue weighted by Gasteiger charge is -2.14. The summed E-state index contributed by atoms with van der Waals surface area (Å²) in [6.45, 7) is 7.24. The van der Waals surface area contributed by atoms with E-state index in [0.717, 1.165) is 11.6 Å². The second-order valence-corrected chi connectivity index (χ2v) is 11.4. The van der Waals surface area contributed by atoms with Crippen molar-refractivity contribution in [3.8, 4) is 0 Å². The van der Waals surface area contributed by atoms with Crippen LogP contribution in [0.3, 0.4) is 0 Å². The lowest BCUT2D eigenvalue weighted by atomic mass is 10.7. The summed E-state index contributed by atoms with van der Waals surface area (Å²) < 4.78 is 1.85. The topological polar surface area (TPSA) is 30.7 Å². The van der Waals surface area contributed by atoms with Gasteiger partial charge in [0.2, 0.25) is 0 Å². The van der Waals surface area contributed by atoms with Crippen molar-refractivity contribution < 1.29 is 0 Å². The van der Waals surface area contributed by atoms with Crippen LogP contribution < -0.4 is 0 Å². The molecule has 5 heteroatoms. The molecular weight excluding hydrogens is 210 g/mol. The van der Waals surface area contributed by atoms with Crippen LogP contribution in [0.4, 0.5) is 0 Å². The molecule has 0 spiro atoms. The van der Waals surface area contributed by atoms with Gasteiger partial charge in [0.1, 0.15) is 12.2 Å². The number of aryl methyl sites for hydroxylation is 1. The van der Waals surface area contributed by atoms with Gasteiger partial charge in [0.25, 0.3) is 0 Å². The van der Waals surface area contributed by atoms with Crippen LogP contribution in [0.15, 0.2) is 6.33 Å². The van der Waals surface area contributed by atoms with Gasteiger partial charge in [-0.05, 0) is 11.8 Å². The second kappa shape index (κ2) is 4.98. The van der Waals surface area contributed by atoms with Crippen LogP contribution in [0.2, 0.25) is 25.7 Å². The first kappa shape index (κ1) is 11.8. The van der Waals surface area contributed by atoms with Gasteiger partial charge in [0.05, 0.1) is 5.75 Å². The van der Waals surface area contributed by atoms with Crippen molar-refractivity contribution in [2.75, 3.05) is 5.75 Å². The summed E-state index contributed by atoms with van der Waals surface area (Å²) >= 11 is 1.96. The van der Waals surface area contributed by atoms with E-state index in [9.17, 15) is 0 Å². The smallest absolute Gasteiger partial charge is 0.138 e. The van der Waals surface area contributed by atoms with E-state index in [2.05, 4.69) is 29.7 Å². The number of hydrogen-bond donors (Lipinski definition) is 0. The molecule has 1 aromatic rings. The summed E-state index contributed by atoms with van der Waals surface area (Å²) in [5.74, 6) is 3.31. The Morgan fingerprint density at radius 3 is 2.64 bits per heavy atom. The third kappa shape index (κ3) is 4.28. The Balaban J connectivity index is 2.20. The fraction of sp³-hybridized carbons (Fsp3) is 0.778. The molecule has 1 rings (SSSR count). The molecule has 0 aromatic carbocycles. The number of nitrogens with zero attached hydrogens (tertiary/aromatic N) is 3. The zero-order chi connectivity index (χ0) is 10.6. The molecule has 0 amide bonds. The Hall–Kier alpha value is -0.293. The normalized spacial score (nSPS) is 12.0. The highest BCUT2D eigenvalue weighted by Crippen LogP contribution is 2.16. The molecule has 80 valence electrons. The zero-order valence-corrected chi connectivity index (χ0v) is 11.3. The van der Waals surface area contributed by atoms with Crippen LogP contribution in [-0.2, 0) is 12.8 Å². The summed E-state index contributed by atoms with van der Waals surface area (Å²) in [5.41, 5.74) is 0. The first-order valence-electron chi connectivity index (χ1n) is 4.90. The van der Waals surface area contributed by atoms with Crippen molar-refractivity contribution in [1.29, 1.82) is 0 Å². The molecular formula is C9H19N3SSi. The maximum absolute atomic E-state index is 4.19. The summed E-state index contributed by atoms with van der Waals surface area (Å²) in [6, 6.07) is 1.38. The highest BCUT2D eigenvalue weighted by atomic mass is 32.2. The minimum Gasteiger partial charge on any atom is -0.252 e. The minimum absolute atomic E-state index is 0.857. The van der Waals surface area contributed by atoms with Gasteiger partial charge in [-0.2, -0.15) is 16.9 Å². The van der Waals surface area contributed by atoms with E-state index < -0.39 is 8.07 Å². The van der Waals surface area contributed by atoms with E-state index in [1.165, 1.54) is 11.8 Å². The maximum Gasteiger partial charge on any atom is 0.138 e. The Bertz CT molecular complexity index is 280. The molecule has 0 bridgehead atoms. The van der Waals surface area contributed by atoms with Crippen LogP contribution in [0, 0.1) is 0 Å². The fourth-order valence-corrected chi connectivity index (χ4v) is 4.61. The van der Waals surface area contributed by atoms with Crippen LogP contribution in [0.1, 0.15) is 5.82 Å². The molecule has 0 fully saturated rings. The highest BCUT2D eigenvalue weighted by Gasteiger charge is 2.12. The fourth-order valence-electron chi connectivity index (χ4n) is 0.993. The van der Waals surface area contributed by atoms with Crippen molar-refractivity contribution in [2.24, 2.45) is 7.05 Å². The van der Waals surface area contributed by atoms with Gasteiger partial charge in [-0.25, -0.2) is 4.98 Å². The maximum atomic E-state index is 4.19. The predicted molar refractivity (Wildman–Crippen MR) is 65.3 cm³/mol. The summed E-state index contributed by atoms with van der Waals surface area (Å²) in [7, 11) is 1.09. The largest absolute Gasteiger partial charge is 0.252 e. The monoisotopic (exact) mass is 229 g/mol. The molecule has 14 heavy (non-hydrogen) atoms. The quantitative estimate of drug-likeness (QED) is 0.574. The van der Waals surface area contributed by atoms with Crippen LogP contribution >= 0.6 is 11.8 Å². The SMILES string of the molecule is Cn1ncnc1CSCC[Si](C)(C)C. The Morgan fingerprint density at radius 1 is 1.43 bits per heavy atom. The molecule has 0 radical (unpaired) electrons. The summed E-state index contributed by atoms with van der Waals surface area (Å²) in [4.78, 5) is 4.19. The minimum atomic E-state index is -0.857. The van der Waals surface area contributed by atoms with Crippen molar-refractivity contribution in [2.45, 2.75) is 31.4 Å². The van der Waals surface area contributed by atoms with Gasteiger partial charge >= 0.3 is 0 Å². The molecule has 0 saturated heterocycles. The number of rotatable bonds is 5. The van der Waals surface area contributed by atoms with Crippen molar-refractivity contribution in [3.63, 3.8) is 0 Å². The van der Waals surface area contributed by atoms with Gasteiger partial charge in [-0.3, -0.25) is 4.68 Å². The molecule has 1 heterocycles. The molecule has 0 aliphatic rings. The predicted octanol–water partition coefficient (Wildman–Crippen LogP) is 2.39. The first-order valence-corrected chi connectivity index (χ1v) is 9.76. The average Bonchev–Trinajstić information content (AvgIpc) is 2.44. The molecule has 0 N–H and O–H groups in total. The molecule has 0 saturated carbocycles. The van der Waals surface area contributed by atoms with E-state index in [1.807, 2.05) is 23.5 Å². The van der Waals surface area contributed by atoms with Gasteiger partial charge in [0.15, 0.2) is 0 Å².